The second kappa shape index (κ2) is 3.69. The molecule has 0 aromatic heterocycles. The Morgan fingerprint density at radius 3 is 2.91 bits per heavy atom. The number of hydrogen-bond donors (Lipinski definition) is 3. The van der Waals surface area contributed by atoms with Crippen molar-refractivity contribution in [3.63, 3.8) is 0 Å². The third kappa shape index (κ3) is 2.17. The van der Waals surface area contributed by atoms with Crippen LogP contribution in [-0.2, 0) is 4.79 Å². The van der Waals surface area contributed by atoms with Crippen LogP contribution in [0, 0.1) is 5.92 Å². The Kier molecular flexibility index (Phi) is 2.84. The minimum atomic E-state index is -0.890. The topological polar surface area (TPSA) is 75.4 Å². The van der Waals surface area contributed by atoms with E-state index >= 15 is 0 Å². The van der Waals surface area contributed by atoms with Gasteiger partial charge >= 0.3 is 5.97 Å². The highest BCUT2D eigenvalue weighted by molar-refractivity contribution is 5.73. The van der Waals surface area contributed by atoms with E-state index < -0.39 is 12.0 Å². The summed E-state index contributed by atoms with van der Waals surface area (Å²) >= 11 is 0. The first-order valence-corrected chi connectivity index (χ1v) is 3.91. The Bertz CT molecular complexity index is 143. The van der Waals surface area contributed by atoms with Crippen LogP contribution in [-0.4, -0.2) is 30.2 Å². The maximum absolute atomic E-state index is 10.4. The SMILES string of the molecule is N[C@@H](C(=O)O)[C@H]1CCCNC1. The summed E-state index contributed by atoms with van der Waals surface area (Å²) in [5.74, 6) is -0.778. The first-order chi connectivity index (χ1) is 5.22. The summed E-state index contributed by atoms with van der Waals surface area (Å²) in [4.78, 5) is 10.4. The zero-order valence-electron chi connectivity index (χ0n) is 6.42. The third-order valence-corrected chi connectivity index (χ3v) is 2.13. The smallest absolute Gasteiger partial charge is 0.320 e. The fraction of sp³-hybridized carbons (Fsp3) is 0.857. The van der Waals surface area contributed by atoms with E-state index in [1.807, 2.05) is 0 Å². The first kappa shape index (κ1) is 8.49. The van der Waals surface area contributed by atoms with Gasteiger partial charge in [0.2, 0.25) is 0 Å². The quantitative estimate of drug-likeness (QED) is 0.501. The molecule has 1 rings (SSSR count). The zero-order valence-corrected chi connectivity index (χ0v) is 6.42. The predicted molar refractivity (Wildman–Crippen MR) is 41.2 cm³/mol. The van der Waals surface area contributed by atoms with Gasteiger partial charge < -0.3 is 16.2 Å². The maximum atomic E-state index is 10.4. The van der Waals surface area contributed by atoms with E-state index in [0.717, 1.165) is 25.9 Å². The lowest BCUT2D eigenvalue weighted by atomic mass is 9.92. The van der Waals surface area contributed by atoms with Gasteiger partial charge in [0.15, 0.2) is 0 Å². The Morgan fingerprint density at radius 1 is 1.73 bits per heavy atom. The van der Waals surface area contributed by atoms with Crippen molar-refractivity contribution in [2.24, 2.45) is 11.7 Å². The number of hydrogen-bond acceptors (Lipinski definition) is 3. The van der Waals surface area contributed by atoms with Crippen LogP contribution >= 0.6 is 0 Å². The molecule has 0 saturated carbocycles. The van der Waals surface area contributed by atoms with Crippen LogP contribution in [0.3, 0.4) is 0 Å². The van der Waals surface area contributed by atoms with Gasteiger partial charge in [-0.1, -0.05) is 0 Å². The molecule has 1 heterocycles. The lowest BCUT2D eigenvalue weighted by molar-refractivity contribution is -0.140. The molecule has 0 amide bonds. The number of nitrogens with two attached hydrogens (primary N) is 1. The van der Waals surface area contributed by atoms with Crippen molar-refractivity contribution in [1.82, 2.24) is 5.32 Å². The van der Waals surface area contributed by atoms with Gasteiger partial charge in [0.1, 0.15) is 6.04 Å². The average molecular weight is 158 g/mol. The van der Waals surface area contributed by atoms with Crippen LogP contribution in [0.1, 0.15) is 12.8 Å². The van der Waals surface area contributed by atoms with Crippen LogP contribution in [0.15, 0.2) is 0 Å². The number of nitrogens with one attached hydrogen (secondary N) is 1. The lowest BCUT2D eigenvalue weighted by Gasteiger charge is -2.25. The van der Waals surface area contributed by atoms with Crippen LogP contribution in [0.2, 0.25) is 0 Å². The second-order valence-electron chi connectivity index (χ2n) is 2.97. The molecule has 0 spiro atoms. The van der Waals surface area contributed by atoms with E-state index in [1.54, 1.807) is 0 Å². The van der Waals surface area contributed by atoms with Crippen molar-refractivity contribution in [2.45, 2.75) is 18.9 Å². The second-order valence-corrected chi connectivity index (χ2v) is 2.97. The summed E-state index contributed by atoms with van der Waals surface area (Å²) < 4.78 is 0. The van der Waals surface area contributed by atoms with Gasteiger partial charge in [0.05, 0.1) is 0 Å². The van der Waals surface area contributed by atoms with Crippen LogP contribution < -0.4 is 11.1 Å². The van der Waals surface area contributed by atoms with E-state index in [0.29, 0.717) is 0 Å². The molecule has 0 radical (unpaired) electrons. The molecule has 11 heavy (non-hydrogen) atoms. The number of carboxylic acid groups (broad SMARTS) is 1. The molecule has 0 unspecified atom stereocenters. The molecule has 1 aliphatic rings. The van der Waals surface area contributed by atoms with Crippen LogP contribution in [0.4, 0.5) is 0 Å². The lowest BCUT2D eigenvalue weighted by Crippen LogP contribution is -2.45. The molecule has 1 fully saturated rings. The molecule has 4 heteroatoms. The summed E-state index contributed by atoms with van der Waals surface area (Å²) in [7, 11) is 0. The molecule has 0 aromatic rings. The predicted octanol–water partition coefficient (Wildman–Crippen LogP) is -0.602. The Morgan fingerprint density at radius 2 is 2.45 bits per heavy atom. The molecule has 0 bridgehead atoms. The average Bonchev–Trinajstić information content (AvgIpc) is 2.05. The van der Waals surface area contributed by atoms with Gasteiger partial charge in [0.25, 0.3) is 0 Å². The first-order valence-electron chi connectivity index (χ1n) is 3.91. The monoisotopic (exact) mass is 158 g/mol. The summed E-state index contributed by atoms with van der Waals surface area (Å²) in [6.07, 6.45) is 1.96. The number of carboxylic acids is 1. The fourth-order valence-corrected chi connectivity index (χ4v) is 1.39. The number of piperidine rings is 1. The fourth-order valence-electron chi connectivity index (χ4n) is 1.39. The Labute approximate surface area is 65.8 Å². The highest BCUT2D eigenvalue weighted by atomic mass is 16.4. The van der Waals surface area contributed by atoms with E-state index in [2.05, 4.69) is 5.32 Å². The standard InChI is InChI=1S/C7H14N2O2/c8-6(7(10)11)5-2-1-3-9-4-5/h5-6,9H,1-4,8H2,(H,10,11)/t5-,6+/m0/s1. The highest BCUT2D eigenvalue weighted by Crippen LogP contribution is 2.12. The normalized spacial score (nSPS) is 27.9. The molecule has 4 N–H and O–H groups in total. The molecule has 0 aromatic carbocycles. The van der Waals surface area contributed by atoms with Crippen molar-refractivity contribution in [3.05, 3.63) is 0 Å². The summed E-state index contributed by atoms with van der Waals surface area (Å²) in [6.45, 7) is 1.73. The maximum Gasteiger partial charge on any atom is 0.320 e. The van der Waals surface area contributed by atoms with E-state index in [4.69, 9.17) is 10.8 Å². The summed E-state index contributed by atoms with van der Waals surface area (Å²) in [6, 6.07) is -0.692. The molecule has 1 saturated heterocycles. The molecular weight excluding hydrogens is 144 g/mol. The highest BCUT2D eigenvalue weighted by Gasteiger charge is 2.25. The minimum absolute atomic E-state index is 0.112. The van der Waals surface area contributed by atoms with Gasteiger partial charge in [-0.25, -0.2) is 0 Å². The minimum Gasteiger partial charge on any atom is -0.480 e. The van der Waals surface area contributed by atoms with Crippen LogP contribution in [0.5, 0.6) is 0 Å². The molecule has 64 valence electrons. The molecular formula is C7H14N2O2. The van der Waals surface area contributed by atoms with Gasteiger partial charge in [-0.15, -0.1) is 0 Å². The van der Waals surface area contributed by atoms with Gasteiger partial charge in [0, 0.05) is 6.54 Å². The van der Waals surface area contributed by atoms with Crippen LogP contribution in [0.25, 0.3) is 0 Å². The Balaban J connectivity index is 2.38. The third-order valence-electron chi connectivity index (χ3n) is 2.13. The van der Waals surface area contributed by atoms with E-state index in [9.17, 15) is 4.79 Å². The van der Waals surface area contributed by atoms with Gasteiger partial charge in [-0.05, 0) is 25.3 Å². The van der Waals surface area contributed by atoms with Crippen molar-refractivity contribution in [3.8, 4) is 0 Å². The van der Waals surface area contributed by atoms with Crippen molar-refractivity contribution < 1.29 is 9.90 Å². The molecule has 1 aliphatic heterocycles. The summed E-state index contributed by atoms with van der Waals surface area (Å²) in [5.41, 5.74) is 5.45. The van der Waals surface area contributed by atoms with Crippen molar-refractivity contribution in [2.75, 3.05) is 13.1 Å². The molecule has 2 atom stereocenters. The van der Waals surface area contributed by atoms with Gasteiger partial charge in [-0.2, -0.15) is 0 Å². The Hall–Kier alpha value is -0.610. The van der Waals surface area contributed by atoms with E-state index in [1.165, 1.54) is 0 Å². The summed E-state index contributed by atoms with van der Waals surface area (Å²) in [5, 5.41) is 11.7. The van der Waals surface area contributed by atoms with Crippen molar-refractivity contribution in [1.29, 1.82) is 0 Å². The number of carbonyl (C=O) groups is 1. The zero-order chi connectivity index (χ0) is 8.27. The number of aliphatic carboxylic acids is 1. The largest absolute Gasteiger partial charge is 0.480 e. The molecule has 4 nitrogen and oxygen atoms in total. The van der Waals surface area contributed by atoms with Crippen molar-refractivity contribution >= 4 is 5.97 Å². The van der Waals surface area contributed by atoms with Gasteiger partial charge in [-0.3, -0.25) is 4.79 Å². The van der Waals surface area contributed by atoms with E-state index in [-0.39, 0.29) is 5.92 Å². The molecule has 0 aliphatic carbocycles. The number of rotatable bonds is 2.